The summed E-state index contributed by atoms with van der Waals surface area (Å²) in [7, 11) is 0. The minimum Gasteiger partial charge on any atom is -0.507 e. The first-order chi connectivity index (χ1) is 24.3. The van der Waals surface area contributed by atoms with Gasteiger partial charge in [-0.1, -0.05) is 97.1 Å². The third kappa shape index (κ3) is 5.00. The molecule has 0 unspecified atom stereocenters. The summed E-state index contributed by atoms with van der Waals surface area (Å²) in [5, 5.41) is 31.2. The van der Waals surface area contributed by atoms with E-state index < -0.39 is 0 Å². The summed E-state index contributed by atoms with van der Waals surface area (Å²) < 4.78 is 0. The van der Waals surface area contributed by atoms with Crippen molar-refractivity contribution in [3.63, 3.8) is 0 Å². The zero-order valence-electron chi connectivity index (χ0n) is 28.5. The molecule has 0 aliphatic carbocycles. The van der Waals surface area contributed by atoms with Gasteiger partial charge < -0.3 is 10.2 Å². The monoisotopic (exact) mass is 648 g/mol. The van der Waals surface area contributed by atoms with E-state index in [1.807, 2.05) is 60.7 Å². The number of hydrogen-bond donors (Lipinski definition) is 2. The molecule has 0 saturated heterocycles. The van der Waals surface area contributed by atoms with Crippen LogP contribution in [0.1, 0.15) is 33.4 Å². The molecule has 2 N–H and O–H groups in total. The molecule has 0 saturated carbocycles. The molecular formula is C46H36N2O2. The van der Waals surface area contributed by atoms with Gasteiger partial charge >= 0.3 is 0 Å². The topological polar surface area (TPSA) is 65.2 Å². The number of aliphatic imine (C=N–C) groups is 2. The van der Waals surface area contributed by atoms with E-state index in [0.29, 0.717) is 11.1 Å². The summed E-state index contributed by atoms with van der Waals surface area (Å²) in [6.45, 7) is 8.50. The van der Waals surface area contributed by atoms with Crippen LogP contribution in [-0.2, 0) is 0 Å². The third-order valence-corrected chi connectivity index (χ3v) is 10.2. The first-order valence-corrected chi connectivity index (χ1v) is 16.9. The summed E-state index contributed by atoms with van der Waals surface area (Å²) in [6.07, 6.45) is 3.57. The van der Waals surface area contributed by atoms with Crippen molar-refractivity contribution in [1.29, 1.82) is 0 Å². The number of fused-ring (bicyclic) bond motifs is 4. The molecule has 8 rings (SSSR count). The largest absolute Gasteiger partial charge is 0.507 e. The highest BCUT2D eigenvalue weighted by Gasteiger charge is 2.16. The van der Waals surface area contributed by atoms with Gasteiger partial charge in [0.05, 0.1) is 11.4 Å². The van der Waals surface area contributed by atoms with Crippen LogP contribution >= 0.6 is 0 Å². The van der Waals surface area contributed by atoms with Crippen molar-refractivity contribution >= 4 is 66.9 Å². The second-order valence-electron chi connectivity index (χ2n) is 13.0. The smallest absolute Gasteiger partial charge is 0.125 e. The molecule has 0 aromatic heterocycles. The Kier molecular flexibility index (Phi) is 7.65. The van der Waals surface area contributed by atoms with Crippen molar-refractivity contribution in [1.82, 2.24) is 0 Å². The van der Waals surface area contributed by atoms with Crippen molar-refractivity contribution in [3.8, 4) is 22.6 Å². The maximum atomic E-state index is 11.1. The van der Waals surface area contributed by atoms with Gasteiger partial charge in [0.25, 0.3) is 0 Å². The van der Waals surface area contributed by atoms with Crippen LogP contribution in [0, 0.1) is 27.7 Å². The number of phenolic OH excluding ortho intramolecular Hbond substituents is 2. The normalized spacial score (nSPS) is 12.0. The molecule has 0 atom stereocenters. The van der Waals surface area contributed by atoms with Crippen LogP contribution < -0.4 is 0 Å². The Bertz CT molecular complexity index is 2530. The first-order valence-electron chi connectivity index (χ1n) is 16.9. The van der Waals surface area contributed by atoms with Crippen LogP contribution in [0.15, 0.2) is 131 Å². The summed E-state index contributed by atoms with van der Waals surface area (Å²) in [5.74, 6) is 0.379. The lowest BCUT2D eigenvalue weighted by atomic mass is 9.90. The van der Waals surface area contributed by atoms with E-state index in [2.05, 4.69) is 76.2 Å². The highest BCUT2D eigenvalue weighted by Crippen LogP contribution is 2.41. The maximum absolute atomic E-state index is 11.1. The fourth-order valence-corrected chi connectivity index (χ4v) is 7.64. The van der Waals surface area contributed by atoms with Crippen molar-refractivity contribution in [2.45, 2.75) is 27.7 Å². The summed E-state index contributed by atoms with van der Waals surface area (Å²) in [6, 6.07) is 40.3. The van der Waals surface area contributed by atoms with Gasteiger partial charge in [-0.2, -0.15) is 0 Å². The molecule has 4 heteroatoms. The minimum absolute atomic E-state index is 0.190. The molecule has 0 fully saturated rings. The van der Waals surface area contributed by atoms with Gasteiger partial charge in [-0.3, -0.25) is 9.98 Å². The van der Waals surface area contributed by atoms with Gasteiger partial charge in [0.2, 0.25) is 0 Å². The van der Waals surface area contributed by atoms with Gasteiger partial charge in [0.1, 0.15) is 11.5 Å². The number of para-hydroxylation sites is 2. The molecular weight excluding hydrogens is 613 g/mol. The predicted octanol–water partition coefficient (Wildman–Crippen LogP) is 12.1. The van der Waals surface area contributed by atoms with E-state index in [1.54, 1.807) is 24.6 Å². The second kappa shape index (κ2) is 12.3. The molecule has 0 aliphatic rings. The van der Waals surface area contributed by atoms with Gasteiger partial charge in [-0.15, -0.1) is 0 Å². The number of hydrogen-bond acceptors (Lipinski definition) is 4. The predicted molar refractivity (Wildman–Crippen MR) is 212 cm³/mol. The first kappa shape index (κ1) is 31.0. The Morgan fingerprint density at radius 1 is 0.380 bits per heavy atom. The Balaban J connectivity index is 1.24. The van der Waals surface area contributed by atoms with Crippen LogP contribution in [0.4, 0.5) is 11.4 Å². The van der Waals surface area contributed by atoms with Crippen molar-refractivity contribution < 1.29 is 10.2 Å². The van der Waals surface area contributed by atoms with Crippen molar-refractivity contribution in [2.75, 3.05) is 0 Å². The summed E-state index contributed by atoms with van der Waals surface area (Å²) in [4.78, 5) is 10.0. The summed E-state index contributed by atoms with van der Waals surface area (Å²) in [5.41, 5.74) is 9.31. The third-order valence-electron chi connectivity index (χ3n) is 10.2. The molecule has 0 spiro atoms. The van der Waals surface area contributed by atoms with E-state index in [0.717, 1.165) is 55.2 Å². The van der Waals surface area contributed by atoms with Crippen LogP contribution in [-0.4, -0.2) is 22.6 Å². The Morgan fingerprint density at radius 3 is 1.12 bits per heavy atom. The summed E-state index contributed by atoms with van der Waals surface area (Å²) >= 11 is 0. The van der Waals surface area contributed by atoms with Crippen molar-refractivity contribution in [2.24, 2.45) is 9.98 Å². The number of aromatic hydroxyl groups is 2. The molecule has 50 heavy (non-hydrogen) atoms. The standard InChI is InChI=1S/C46H36N2O2/c1-27-31-13-5-7-15-33(31)29(3)45-35(27)21-23-43(49)39(45)25-47-41-19-11-9-17-37(41)38-18-10-12-20-42(38)48-26-40-44(50)24-22-36-28(2)32-14-6-8-16-34(32)30(4)46(36)40/h5-26,49-50H,1-4H3. The zero-order chi connectivity index (χ0) is 34.5. The quantitative estimate of drug-likeness (QED) is 0.144. The van der Waals surface area contributed by atoms with Crippen LogP contribution in [0.25, 0.3) is 54.2 Å². The Labute approximate surface area is 291 Å². The lowest BCUT2D eigenvalue weighted by Gasteiger charge is -2.15. The van der Waals surface area contributed by atoms with Crippen LogP contribution in [0.3, 0.4) is 0 Å². The molecule has 8 aromatic rings. The number of rotatable bonds is 5. The zero-order valence-corrected chi connectivity index (χ0v) is 28.5. The van der Waals surface area contributed by atoms with E-state index in [4.69, 9.17) is 9.98 Å². The Hall–Kier alpha value is -6.26. The van der Waals surface area contributed by atoms with E-state index in [1.165, 1.54) is 32.7 Å². The molecule has 0 amide bonds. The van der Waals surface area contributed by atoms with Gasteiger partial charge in [0, 0.05) is 34.7 Å². The Morgan fingerprint density at radius 2 is 0.720 bits per heavy atom. The lowest BCUT2D eigenvalue weighted by Crippen LogP contribution is -1.94. The van der Waals surface area contributed by atoms with Gasteiger partial charge in [-0.05, 0) is 117 Å². The average molecular weight is 649 g/mol. The van der Waals surface area contributed by atoms with E-state index >= 15 is 0 Å². The molecule has 8 aromatic carbocycles. The SMILES string of the molecule is Cc1c2ccccc2c(C)c2c(C=Nc3ccccc3-c3ccccc3N=Cc3c(O)ccc4c(C)c5ccccc5c(C)c34)c(O)ccc12. The average Bonchev–Trinajstić information content (AvgIpc) is 3.15. The molecule has 242 valence electrons. The molecule has 4 nitrogen and oxygen atoms in total. The highest BCUT2D eigenvalue weighted by molar-refractivity contribution is 6.14. The molecule has 0 bridgehead atoms. The minimum atomic E-state index is 0.190. The van der Waals surface area contributed by atoms with Gasteiger partial charge in [-0.25, -0.2) is 0 Å². The van der Waals surface area contributed by atoms with Crippen LogP contribution in [0.2, 0.25) is 0 Å². The number of nitrogens with zero attached hydrogens (tertiary/aromatic N) is 2. The highest BCUT2D eigenvalue weighted by atomic mass is 16.3. The van der Waals surface area contributed by atoms with E-state index in [-0.39, 0.29) is 11.5 Å². The lowest BCUT2D eigenvalue weighted by molar-refractivity contribution is 0.475. The fourth-order valence-electron chi connectivity index (χ4n) is 7.64. The van der Waals surface area contributed by atoms with E-state index in [9.17, 15) is 10.2 Å². The number of aryl methyl sites for hydroxylation is 4. The molecule has 0 aliphatic heterocycles. The van der Waals surface area contributed by atoms with Crippen LogP contribution in [0.5, 0.6) is 11.5 Å². The molecule has 0 heterocycles. The molecule has 0 radical (unpaired) electrons. The fraction of sp³-hybridized carbons (Fsp3) is 0.0870. The number of phenols is 2. The second-order valence-corrected chi connectivity index (χ2v) is 13.0. The van der Waals surface area contributed by atoms with Gasteiger partial charge in [0.15, 0.2) is 0 Å². The number of benzene rings is 8. The maximum Gasteiger partial charge on any atom is 0.125 e. The van der Waals surface area contributed by atoms with Crippen molar-refractivity contribution in [3.05, 3.63) is 155 Å².